The number of carboxylic acid groups (broad SMARTS) is 1. The first-order valence-corrected chi connectivity index (χ1v) is 8.82. The Hall–Kier alpha value is -2.75. The zero-order chi connectivity index (χ0) is 20.1. The molecule has 0 saturated carbocycles. The van der Waals surface area contributed by atoms with Crippen LogP contribution in [0.15, 0.2) is 12.1 Å². The molecule has 0 spiro atoms. The van der Waals surface area contributed by atoms with Crippen molar-refractivity contribution in [2.45, 2.75) is 27.4 Å². The van der Waals surface area contributed by atoms with Gasteiger partial charge in [-0.05, 0) is 29.9 Å². The lowest BCUT2D eigenvalue weighted by Gasteiger charge is -2.09. The van der Waals surface area contributed by atoms with Gasteiger partial charge in [0.25, 0.3) is 0 Å². The van der Waals surface area contributed by atoms with E-state index in [-0.39, 0.29) is 33.5 Å². The van der Waals surface area contributed by atoms with E-state index in [1.54, 1.807) is 0 Å². The maximum Gasteiger partial charge on any atom is 0.344 e. The molecule has 0 atom stereocenters. The van der Waals surface area contributed by atoms with E-state index in [2.05, 4.69) is 15.0 Å². The van der Waals surface area contributed by atoms with Crippen LogP contribution in [0.2, 0.25) is 0 Å². The molecule has 0 bridgehead atoms. The number of ether oxygens (including phenoxy) is 1. The number of carbonyl (C=O) groups is 2. The van der Waals surface area contributed by atoms with Crippen LogP contribution in [0.1, 0.15) is 35.3 Å². The number of aromatic nitrogens is 1. The summed E-state index contributed by atoms with van der Waals surface area (Å²) in [7, 11) is 0. The van der Waals surface area contributed by atoms with Crippen LogP contribution >= 0.6 is 11.5 Å². The van der Waals surface area contributed by atoms with E-state index in [4.69, 9.17) is 4.74 Å². The molecule has 7 nitrogen and oxygen atoms in total. The number of urea groups is 1. The van der Waals surface area contributed by atoms with Gasteiger partial charge in [0.15, 0.2) is 17.2 Å². The number of nitrogens with zero attached hydrogens (tertiary/aromatic N) is 1. The third kappa shape index (κ3) is 5.13. The number of amides is 2. The Bertz CT molecular complexity index is 855. The van der Waals surface area contributed by atoms with E-state index in [0.29, 0.717) is 18.1 Å². The first kappa shape index (κ1) is 20.6. The zero-order valence-corrected chi connectivity index (χ0v) is 15.7. The van der Waals surface area contributed by atoms with E-state index >= 15 is 0 Å². The summed E-state index contributed by atoms with van der Waals surface area (Å²) in [6, 6.07) is 2.16. The molecule has 0 aliphatic heterocycles. The lowest BCUT2D eigenvalue weighted by molar-refractivity contribution is 0.0693. The van der Waals surface area contributed by atoms with Gasteiger partial charge in [-0.3, -0.25) is 5.32 Å². The summed E-state index contributed by atoms with van der Waals surface area (Å²) in [6.07, 6.45) is 0. The fourth-order valence-electron chi connectivity index (χ4n) is 2.04. The Morgan fingerprint density at radius 3 is 2.63 bits per heavy atom. The predicted molar refractivity (Wildman–Crippen MR) is 96.4 cm³/mol. The molecule has 0 aliphatic rings. The van der Waals surface area contributed by atoms with Crippen LogP contribution in [0.5, 0.6) is 5.88 Å². The molecule has 2 aromatic rings. The molecule has 10 heteroatoms. The number of benzene rings is 1. The van der Waals surface area contributed by atoms with Crippen molar-refractivity contribution in [2.24, 2.45) is 5.92 Å². The van der Waals surface area contributed by atoms with Crippen molar-refractivity contribution in [3.63, 3.8) is 0 Å². The average Bonchev–Trinajstić information content (AvgIpc) is 3.00. The first-order valence-electron chi connectivity index (χ1n) is 8.04. The van der Waals surface area contributed by atoms with Crippen molar-refractivity contribution < 1.29 is 28.2 Å². The number of hydrogen-bond acceptors (Lipinski definition) is 5. The molecule has 0 fully saturated rings. The SMILES string of the molecule is Cc1ccc(COc2nsc(NC(=O)NCC(C)C)c2C(=O)O)c(F)c1F. The van der Waals surface area contributed by atoms with Gasteiger partial charge in [-0.25, -0.2) is 18.4 Å². The summed E-state index contributed by atoms with van der Waals surface area (Å²) in [5.74, 6) is -3.48. The molecule has 0 saturated heterocycles. The molecule has 0 unspecified atom stereocenters. The van der Waals surface area contributed by atoms with Gasteiger partial charge >= 0.3 is 12.0 Å². The maximum atomic E-state index is 13.9. The summed E-state index contributed by atoms with van der Waals surface area (Å²) in [5, 5.41) is 14.4. The van der Waals surface area contributed by atoms with Crippen LogP contribution in [-0.4, -0.2) is 28.0 Å². The molecule has 2 amide bonds. The zero-order valence-electron chi connectivity index (χ0n) is 14.9. The van der Waals surface area contributed by atoms with Crippen LogP contribution in [0, 0.1) is 24.5 Å². The van der Waals surface area contributed by atoms with E-state index in [9.17, 15) is 23.5 Å². The average molecular weight is 399 g/mol. The van der Waals surface area contributed by atoms with E-state index in [1.807, 2.05) is 13.8 Å². The minimum absolute atomic E-state index is 0.0192. The quantitative estimate of drug-likeness (QED) is 0.658. The molecule has 0 aliphatic carbocycles. The van der Waals surface area contributed by atoms with Crippen molar-refractivity contribution in [1.82, 2.24) is 9.69 Å². The highest BCUT2D eigenvalue weighted by Crippen LogP contribution is 2.31. The normalized spacial score (nSPS) is 10.7. The van der Waals surface area contributed by atoms with Gasteiger partial charge in [0.1, 0.15) is 11.6 Å². The fourth-order valence-corrected chi connectivity index (χ4v) is 2.76. The molecule has 1 aromatic heterocycles. The minimum atomic E-state index is -1.37. The Labute approximate surface area is 158 Å². The van der Waals surface area contributed by atoms with Gasteiger partial charge in [-0.2, -0.15) is 4.37 Å². The minimum Gasteiger partial charge on any atom is -0.477 e. The topological polar surface area (TPSA) is 101 Å². The third-order valence-corrected chi connectivity index (χ3v) is 4.24. The standard InChI is InChI=1S/C17H19F2N3O4S/c1-8(2)6-20-17(25)21-15-11(16(23)24)14(22-27-15)26-7-10-5-4-9(3)12(18)13(10)19/h4-5,8H,6-7H2,1-3H3,(H,23,24)(H2,20,21,25). The molecule has 0 radical (unpaired) electrons. The number of carboxylic acids is 1. The number of aryl methyl sites for hydroxylation is 1. The third-order valence-electron chi connectivity index (χ3n) is 3.49. The summed E-state index contributed by atoms with van der Waals surface area (Å²) in [5.41, 5.74) is -0.283. The van der Waals surface area contributed by atoms with E-state index < -0.39 is 30.2 Å². The second-order valence-corrected chi connectivity index (χ2v) is 6.96. The number of rotatable bonds is 7. The number of carbonyl (C=O) groups excluding carboxylic acids is 1. The molecule has 1 heterocycles. The number of anilines is 1. The first-order chi connectivity index (χ1) is 12.7. The van der Waals surface area contributed by atoms with Crippen LogP contribution < -0.4 is 15.4 Å². The van der Waals surface area contributed by atoms with Crippen LogP contribution in [0.3, 0.4) is 0 Å². The van der Waals surface area contributed by atoms with Gasteiger partial charge in [0.05, 0.1) is 0 Å². The summed E-state index contributed by atoms with van der Waals surface area (Å²) in [4.78, 5) is 23.3. The van der Waals surface area contributed by atoms with Gasteiger partial charge in [0, 0.05) is 12.1 Å². The van der Waals surface area contributed by atoms with Gasteiger partial charge in [0.2, 0.25) is 5.88 Å². The number of aromatic carboxylic acids is 1. The maximum absolute atomic E-state index is 13.9. The second kappa shape index (κ2) is 8.76. The molecule has 3 N–H and O–H groups in total. The highest BCUT2D eigenvalue weighted by molar-refractivity contribution is 7.11. The number of hydrogen-bond donors (Lipinski definition) is 3. The lowest BCUT2D eigenvalue weighted by atomic mass is 10.1. The lowest BCUT2D eigenvalue weighted by Crippen LogP contribution is -2.31. The Balaban J connectivity index is 2.14. The van der Waals surface area contributed by atoms with Crippen molar-refractivity contribution >= 4 is 28.5 Å². The summed E-state index contributed by atoms with van der Waals surface area (Å²) >= 11 is 0.716. The summed E-state index contributed by atoms with van der Waals surface area (Å²) < 4.78 is 36.6. The van der Waals surface area contributed by atoms with E-state index in [1.165, 1.54) is 19.1 Å². The molecule has 2 rings (SSSR count). The van der Waals surface area contributed by atoms with E-state index in [0.717, 1.165) is 0 Å². The van der Waals surface area contributed by atoms with Crippen molar-refractivity contribution in [3.8, 4) is 5.88 Å². The Kier molecular flexibility index (Phi) is 6.67. The molecule has 1 aromatic carbocycles. The van der Waals surface area contributed by atoms with Crippen LogP contribution in [0.4, 0.5) is 18.6 Å². The summed E-state index contributed by atoms with van der Waals surface area (Å²) in [6.45, 7) is 5.25. The monoisotopic (exact) mass is 399 g/mol. The van der Waals surface area contributed by atoms with Crippen LogP contribution in [-0.2, 0) is 6.61 Å². The molecule has 146 valence electrons. The highest BCUT2D eigenvalue weighted by atomic mass is 32.1. The highest BCUT2D eigenvalue weighted by Gasteiger charge is 2.24. The number of halogens is 2. The van der Waals surface area contributed by atoms with Gasteiger partial charge < -0.3 is 15.2 Å². The van der Waals surface area contributed by atoms with Crippen LogP contribution in [0.25, 0.3) is 0 Å². The fraction of sp³-hybridized carbons (Fsp3) is 0.353. The molecular formula is C17H19F2N3O4S. The predicted octanol–water partition coefficient (Wildman–Crippen LogP) is 3.78. The Morgan fingerprint density at radius 2 is 2.00 bits per heavy atom. The number of nitrogens with one attached hydrogen (secondary N) is 2. The van der Waals surface area contributed by atoms with Crippen molar-refractivity contribution in [1.29, 1.82) is 0 Å². The van der Waals surface area contributed by atoms with Crippen molar-refractivity contribution in [2.75, 3.05) is 11.9 Å². The second-order valence-electron chi connectivity index (χ2n) is 6.18. The smallest absolute Gasteiger partial charge is 0.344 e. The molecule has 27 heavy (non-hydrogen) atoms. The van der Waals surface area contributed by atoms with Gasteiger partial charge in [-0.1, -0.05) is 26.0 Å². The van der Waals surface area contributed by atoms with Gasteiger partial charge in [-0.15, -0.1) is 0 Å². The largest absolute Gasteiger partial charge is 0.477 e. The van der Waals surface area contributed by atoms with Crippen molar-refractivity contribution in [3.05, 3.63) is 40.5 Å². The Morgan fingerprint density at radius 1 is 1.30 bits per heavy atom. The molecular weight excluding hydrogens is 380 g/mol.